The molecular weight excluding hydrogens is 1860 g/mol. The summed E-state index contributed by atoms with van der Waals surface area (Å²) in [6.45, 7) is 7.06. The average molecular weight is 2010 g/mol. The van der Waals surface area contributed by atoms with Gasteiger partial charge in [-0.2, -0.15) is 0 Å². The van der Waals surface area contributed by atoms with Gasteiger partial charge in [0.05, 0.1) is 77.8 Å². The molecule has 38 nitrogen and oxygen atoms in total. The van der Waals surface area contributed by atoms with Gasteiger partial charge in [-0.25, -0.2) is 0 Å². The Morgan fingerprint density at radius 1 is 0.262 bits per heavy atom. The van der Waals surface area contributed by atoms with Gasteiger partial charge in [0.15, 0.2) is 0 Å². The maximum atomic E-state index is 12.9. The van der Waals surface area contributed by atoms with Crippen molar-refractivity contribution in [1.82, 2.24) is 95.6 Å². The predicted molar refractivity (Wildman–Crippen MR) is 545 cm³/mol. The number of nitrogens with zero attached hydrogens (tertiary/aromatic N) is 13. The number of phenolic OH excluding ortho intramolecular Hbond substituents is 6. The van der Waals surface area contributed by atoms with E-state index in [0.717, 1.165) is 180 Å². The molecule has 38 heteroatoms. The predicted octanol–water partition coefficient (Wildman–Crippen LogP) is 4.41. The van der Waals surface area contributed by atoms with Gasteiger partial charge in [-0.15, -0.1) is 0 Å². The minimum absolute atomic E-state index is 0.00890. The third-order valence-corrected chi connectivity index (χ3v) is 32.7. The van der Waals surface area contributed by atoms with Crippen molar-refractivity contribution in [1.29, 1.82) is 0 Å². The van der Waals surface area contributed by atoms with Crippen molar-refractivity contribution >= 4 is 73.2 Å². The number of nitrogens with one attached hydrogen (secondary N) is 6. The number of benzene rings is 6. The number of hydrogen-bond acceptors (Lipinski definition) is 32. The number of phenols is 6. The summed E-state index contributed by atoms with van der Waals surface area (Å²) in [4.78, 5) is 171. The second kappa shape index (κ2) is 48.8. The molecule has 3 saturated carbocycles. The number of carbonyl (C=O) groups excluding carboxylic acids is 12. The van der Waals surface area contributed by atoms with Crippen LogP contribution >= 0.6 is 0 Å². The topological polar surface area (TPSA) is 450 Å². The van der Waals surface area contributed by atoms with Crippen LogP contribution in [0.4, 0.5) is 0 Å². The third-order valence-electron chi connectivity index (χ3n) is 32.7. The van der Waals surface area contributed by atoms with Crippen molar-refractivity contribution in [2.45, 2.75) is 262 Å². The number of likely N-dealkylation sites (N-methyl/N-ethyl adjacent to an activating group) is 12. The Balaban J connectivity index is 0.000000155. The van der Waals surface area contributed by atoms with E-state index in [-0.39, 0.29) is 98.3 Å². The Bertz CT molecular complexity index is 5260. The first kappa shape index (κ1) is 112. The lowest BCUT2D eigenvalue weighted by molar-refractivity contribution is -0.134. The summed E-state index contributed by atoms with van der Waals surface area (Å²) >= 11 is 0. The Morgan fingerprint density at radius 3 is 0.628 bits per heavy atom. The van der Waals surface area contributed by atoms with Gasteiger partial charge in [-0.1, -0.05) is 79.2 Å². The highest BCUT2D eigenvalue weighted by molar-refractivity contribution is 5.88. The SMILES string of the molecule is CN1C(=O)[C@H](N[C@H](C=O)Cc2ccc(O)cc2)N(C)C1(C)C.CN1C(=O)[C@H](N[C@H](C=O)Cc2ccc(O)cc2)N(C)C12CCC2.CN1C(=O)[C@H](N[C@H](C=O)Cc2ccc(O)cc2)N(C)C12CCCC2.CN1C(=O)[C@H](N[C@H](C=O)Cc2ccc(O)cc2)N(C)C12CCCCC2.CN1C(=O)[C@H](N[C@H](C=O)Cc2ccc(O)cc2)N(C)C12CCOCC2.CN1CCC2(CC1)N(C)C(=O)[C@H](N[C@H](C=O)Cc1ccc(O)cc1)N2C. The Kier molecular flexibility index (Phi) is 37.8. The first-order valence-electron chi connectivity index (χ1n) is 50.3. The zero-order chi connectivity index (χ0) is 105. The van der Waals surface area contributed by atoms with Crippen LogP contribution in [-0.2, 0) is 101 Å². The molecule has 0 aromatic heterocycles. The molecule has 145 heavy (non-hydrogen) atoms. The lowest BCUT2D eigenvalue weighted by atomic mass is 9.83. The van der Waals surface area contributed by atoms with Crippen molar-refractivity contribution in [3.8, 4) is 34.5 Å². The second-order valence-corrected chi connectivity index (χ2v) is 41.1. The van der Waals surface area contributed by atoms with Gasteiger partial charge in [-0.05, 0) is 291 Å². The smallest absolute Gasteiger partial charge is 0.256 e. The molecule has 8 heterocycles. The van der Waals surface area contributed by atoms with Crippen LogP contribution in [0.2, 0.25) is 0 Å². The minimum atomic E-state index is -0.532. The molecule has 17 rings (SSSR count). The fourth-order valence-corrected chi connectivity index (χ4v) is 22.5. The average Bonchev–Trinajstić information content (AvgIpc) is 1.57. The monoisotopic (exact) mass is 2010 g/mol. The summed E-state index contributed by atoms with van der Waals surface area (Å²) in [6.07, 6.45) is 21.0. The molecule has 6 aromatic carbocycles. The number of aromatic hydroxyl groups is 6. The van der Waals surface area contributed by atoms with Crippen LogP contribution in [0.25, 0.3) is 0 Å². The summed E-state index contributed by atoms with van der Waals surface area (Å²) in [7, 11) is 24.8. The molecule has 12 N–H and O–H groups in total. The number of rotatable bonds is 30. The molecule has 0 unspecified atom stereocenters. The van der Waals surface area contributed by atoms with Crippen LogP contribution < -0.4 is 31.9 Å². The van der Waals surface area contributed by atoms with Crippen molar-refractivity contribution in [3.63, 3.8) is 0 Å². The van der Waals surface area contributed by atoms with Crippen LogP contribution in [-0.4, -0.2) is 393 Å². The standard InChI is InChI=1S/C19H28N4O3.C19H27N3O3.C18H25N3O4.C18H25N3O3.C17H23N3O3.C16H23N3O3/c1-21-10-8-19(9-11-21)22(2)17(18(26)23(19)3)20-15(13-24)12-14-4-6-16(25)7-5-14;1-21-17(18(25)22(2)19(21)10-4-3-5-11-19)20-15(13-23)12-14-6-8-16(24)9-7-14;1-20-16(17(24)21(2)18(20)7-9-25-10-8-18)19-14(12-22)11-13-3-5-15(23)6-4-13;1-20-16(17(24)21(2)18(20)9-3-4-10-18)19-14(12-22)11-13-5-7-15(23)8-6-13;1-19-15(16(23)20(2)17(19)8-3-9-17)18-13(11-21)10-12-4-6-14(22)7-5-12;1-16(2)18(3)14(15(22)19(16)4)17-12(10-20)9-11-5-7-13(21)8-6-11/h4-7,13,15,17,20,25H,8-12H2,1-3H3;6-9,13,15,17,20,24H,3-5,10-12H2,1-2H3;3-6,12,14,16,19,23H,7-11H2,1-2H3;5-8,12,14,16,19,23H,3-4,9-11H2,1-2H3;4-7,11,13,15,18,22H,3,8-10H2,1-2H3;5-8,10,12,14,17,21H,9H2,1-4H3/t2*15-,17+;2*14-,16+;13-,15+;12-,14+/m000000/s1. The van der Waals surface area contributed by atoms with Gasteiger partial charge in [0.1, 0.15) is 115 Å². The summed E-state index contributed by atoms with van der Waals surface area (Å²) in [5, 5.41) is 75.3. The zero-order valence-corrected chi connectivity index (χ0v) is 86.4. The third kappa shape index (κ3) is 24.8. The molecule has 3 aliphatic carbocycles. The summed E-state index contributed by atoms with van der Waals surface area (Å²) in [5.41, 5.74) is 3.95. The number of aldehydes is 6. The van der Waals surface area contributed by atoms with E-state index < -0.39 is 78.9 Å². The largest absolute Gasteiger partial charge is 0.508 e. The van der Waals surface area contributed by atoms with Crippen LogP contribution in [0.1, 0.15) is 150 Å². The number of likely N-dealkylation sites (tertiary alicyclic amines) is 1. The minimum Gasteiger partial charge on any atom is -0.508 e. The molecule has 6 aromatic rings. The van der Waals surface area contributed by atoms with E-state index in [4.69, 9.17) is 4.74 Å². The number of amides is 6. The second-order valence-electron chi connectivity index (χ2n) is 41.1. The van der Waals surface area contributed by atoms with E-state index in [2.05, 4.69) is 63.4 Å². The van der Waals surface area contributed by atoms with Gasteiger partial charge in [0.2, 0.25) is 0 Å². The first-order chi connectivity index (χ1) is 69.0. The van der Waals surface area contributed by atoms with E-state index in [1.807, 2.05) is 121 Å². The van der Waals surface area contributed by atoms with E-state index in [0.29, 0.717) is 51.7 Å². The van der Waals surface area contributed by atoms with Gasteiger partial charge in [-0.3, -0.25) is 90.1 Å². The zero-order valence-electron chi connectivity index (χ0n) is 86.4. The molecule has 6 amide bonds. The quantitative estimate of drug-likeness (QED) is 0.0278. The molecular formula is C107H151N19O19. The van der Waals surface area contributed by atoms with Crippen LogP contribution in [0.5, 0.6) is 34.5 Å². The molecule has 788 valence electrons. The van der Waals surface area contributed by atoms with E-state index >= 15 is 0 Å². The van der Waals surface area contributed by atoms with Crippen LogP contribution in [0.15, 0.2) is 146 Å². The number of piperidine rings is 1. The van der Waals surface area contributed by atoms with Gasteiger partial charge in [0.25, 0.3) is 35.4 Å². The van der Waals surface area contributed by atoms with Crippen LogP contribution in [0.3, 0.4) is 0 Å². The first-order valence-corrected chi connectivity index (χ1v) is 50.3. The van der Waals surface area contributed by atoms with Crippen LogP contribution in [0, 0.1) is 0 Å². The fourth-order valence-electron chi connectivity index (χ4n) is 22.5. The van der Waals surface area contributed by atoms with E-state index in [1.165, 1.54) is 6.42 Å². The number of carbonyl (C=O) groups is 12. The maximum absolute atomic E-state index is 12.9. The van der Waals surface area contributed by atoms with E-state index in [9.17, 15) is 88.2 Å². The molecule has 11 fully saturated rings. The molecule has 12 atom stereocenters. The lowest BCUT2D eigenvalue weighted by Gasteiger charge is -2.48. The fraction of sp³-hybridized carbons (Fsp3) is 0.551. The summed E-state index contributed by atoms with van der Waals surface area (Å²) in [5.74, 6) is 1.17. The molecule has 8 saturated heterocycles. The van der Waals surface area contributed by atoms with Gasteiger partial charge >= 0.3 is 0 Å². The van der Waals surface area contributed by atoms with Gasteiger partial charge < -0.3 is 98.4 Å². The molecule has 8 aliphatic heterocycles. The Morgan fingerprint density at radius 2 is 0.441 bits per heavy atom. The number of hydrogen-bond donors (Lipinski definition) is 12. The van der Waals surface area contributed by atoms with Crippen molar-refractivity contribution < 1.29 is 92.9 Å². The number of ether oxygens (including phenoxy) is 1. The molecule has 5 spiro atoms. The summed E-state index contributed by atoms with van der Waals surface area (Å²) in [6, 6.07) is 37.8. The maximum Gasteiger partial charge on any atom is 0.256 e. The summed E-state index contributed by atoms with van der Waals surface area (Å²) < 4.78 is 5.45. The lowest BCUT2D eigenvalue weighted by Crippen LogP contribution is -2.59. The highest BCUT2D eigenvalue weighted by atomic mass is 16.5. The molecule has 11 aliphatic rings. The van der Waals surface area contributed by atoms with Crippen molar-refractivity contribution in [3.05, 3.63) is 179 Å². The Labute approximate surface area is 851 Å². The highest BCUT2D eigenvalue weighted by Crippen LogP contribution is 2.47. The van der Waals surface area contributed by atoms with Crippen molar-refractivity contribution in [2.75, 3.05) is 118 Å². The molecule has 0 radical (unpaired) electrons. The van der Waals surface area contributed by atoms with Gasteiger partial charge in [0, 0.05) is 68.2 Å². The van der Waals surface area contributed by atoms with Crippen molar-refractivity contribution in [2.24, 2.45) is 0 Å². The Hall–Kier alpha value is -11.6. The van der Waals surface area contributed by atoms with E-state index in [1.54, 1.807) is 162 Å². The highest BCUT2D eigenvalue weighted by Gasteiger charge is 2.61. The normalized spacial score (nSPS) is 24.4. The molecule has 0 bridgehead atoms.